The molecule has 0 aliphatic carbocycles. The minimum atomic E-state index is 0.139. The summed E-state index contributed by atoms with van der Waals surface area (Å²) in [6.45, 7) is 6.14. The molecule has 0 aromatic heterocycles. The molecule has 19 heavy (non-hydrogen) atoms. The number of rotatable bonds is 4. The van der Waals surface area contributed by atoms with E-state index in [0.717, 1.165) is 25.9 Å². The summed E-state index contributed by atoms with van der Waals surface area (Å²) in [5, 5.41) is 6.41. The standard InChI is InChI=1S/C15H22N2OS/c1-11-5-6-12(2)14(8-11)19-10-15(18)17-13-4-3-7-16-9-13/h5-6,8,13,16H,3-4,7,9-10H2,1-2H3,(H,17,18)/t13-/m0/s1. The van der Waals surface area contributed by atoms with Crippen LogP contribution in [0.25, 0.3) is 0 Å². The summed E-state index contributed by atoms with van der Waals surface area (Å²) in [6.07, 6.45) is 2.24. The third kappa shape index (κ3) is 4.55. The molecule has 3 nitrogen and oxygen atoms in total. The second-order valence-corrected chi connectivity index (χ2v) is 6.19. The lowest BCUT2D eigenvalue weighted by Gasteiger charge is -2.23. The third-order valence-corrected chi connectivity index (χ3v) is 4.52. The highest BCUT2D eigenvalue weighted by atomic mass is 32.2. The van der Waals surface area contributed by atoms with E-state index in [9.17, 15) is 4.79 Å². The number of hydrogen-bond donors (Lipinski definition) is 2. The van der Waals surface area contributed by atoms with Gasteiger partial charge in [-0.2, -0.15) is 0 Å². The normalized spacial score (nSPS) is 19.2. The number of amides is 1. The average molecular weight is 278 g/mol. The van der Waals surface area contributed by atoms with Crippen molar-refractivity contribution in [3.8, 4) is 0 Å². The number of benzene rings is 1. The lowest BCUT2D eigenvalue weighted by atomic mass is 10.1. The van der Waals surface area contributed by atoms with Gasteiger partial charge in [0, 0.05) is 17.5 Å². The van der Waals surface area contributed by atoms with E-state index in [1.807, 2.05) is 0 Å². The first-order chi connectivity index (χ1) is 9.15. The monoisotopic (exact) mass is 278 g/mol. The Morgan fingerprint density at radius 3 is 3.05 bits per heavy atom. The molecule has 0 unspecified atom stereocenters. The number of nitrogens with one attached hydrogen (secondary N) is 2. The van der Waals surface area contributed by atoms with E-state index in [1.54, 1.807) is 11.8 Å². The minimum Gasteiger partial charge on any atom is -0.351 e. The van der Waals surface area contributed by atoms with E-state index in [1.165, 1.54) is 16.0 Å². The topological polar surface area (TPSA) is 41.1 Å². The smallest absolute Gasteiger partial charge is 0.230 e. The van der Waals surface area contributed by atoms with Gasteiger partial charge in [-0.15, -0.1) is 11.8 Å². The van der Waals surface area contributed by atoms with Crippen LogP contribution >= 0.6 is 11.8 Å². The van der Waals surface area contributed by atoms with Crippen molar-refractivity contribution >= 4 is 17.7 Å². The van der Waals surface area contributed by atoms with Gasteiger partial charge in [0.1, 0.15) is 0 Å². The van der Waals surface area contributed by atoms with Crippen molar-refractivity contribution in [3.63, 3.8) is 0 Å². The first kappa shape index (κ1) is 14.4. The summed E-state index contributed by atoms with van der Waals surface area (Å²) in [5.41, 5.74) is 2.48. The molecule has 1 fully saturated rings. The summed E-state index contributed by atoms with van der Waals surface area (Å²) >= 11 is 1.63. The van der Waals surface area contributed by atoms with Crippen LogP contribution in [0.2, 0.25) is 0 Å². The fraction of sp³-hybridized carbons (Fsp3) is 0.533. The largest absolute Gasteiger partial charge is 0.351 e. The molecule has 1 aromatic carbocycles. The van der Waals surface area contributed by atoms with Gasteiger partial charge >= 0.3 is 0 Å². The highest BCUT2D eigenvalue weighted by Gasteiger charge is 2.15. The summed E-state index contributed by atoms with van der Waals surface area (Å²) in [4.78, 5) is 13.1. The lowest BCUT2D eigenvalue weighted by Crippen LogP contribution is -2.46. The van der Waals surface area contributed by atoms with Crippen molar-refractivity contribution in [1.82, 2.24) is 10.6 Å². The Morgan fingerprint density at radius 2 is 2.32 bits per heavy atom. The maximum Gasteiger partial charge on any atom is 0.230 e. The second-order valence-electron chi connectivity index (χ2n) is 5.17. The Morgan fingerprint density at radius 1 is 1.47 bits per heavy atom. The van der Waals surface area contributed by atoms with Crippen LogP contribution in [0.4, 0.5) is 0 Å². The fourth-order valence-corrected chi connectivity index (χ4v) is 3.19. The molecule has 1 aliphatic heterocycles. The summed E-state index contributed by atoms with van der Waals surface area (Å²) in [5.74, 6) is 0.639. The van der Waals surface area contributed by atoms with Gasteiger partial charge < -0.3 is 10.6 Å². The highest BCUT2D eigenvalue weighted by Crippen LogP contribution is 2.23. The van der Waals surface area contributed by atoms with Crippen LogP contribution in [-0.2, 0) is 4.79 Å². The van der Waals surface area contributed by atoms with Crippen molar-refractivity contribution in [1.29, 1.82) is 0 Å². The molecule has 1 heterocycles. The van der Waals surface area contributed by atoms with Gasteiger partial charge in [-0.1, -0.05) is 17.7 Å². The molecule has 1 atom stereocenters. The molecule has 0 bridgehead atoms. The summed E-state index contributed by atoms with van der Waals surface area (Å²) < 4.78 is 0. The van der Waals surface area contributed by atoms with Gasteiger partial charge in [0.25, 0.3) is 0 Å². The molecule has 1 aromatic rings. The maximum atomic E-state index is 11.9. The SMILES string of the molecule is Cc1ccc(C)c(SCC(=O)N[C@H]2CCCNC2)c1. The van der Waals surface area contributed by atoms with Crippen LogP contribution in [0.5, 0.6) is 0 Å². The Balaban J connectivity index is 1.81. The summed E-state index contributed by atoms with van der Waals surface area (Å²) in [7, 11) is 0. The third-order valence-electron chi connectivity index (χ3n) is 3.36. The molecule has 0 spiro atoms. The number of carbonyl (C=O) groups excluding carboxylic acids is 1. The van der Waals surface area contributed by atoms with Crippen LogP contribution in [0, 0.1) is 13.8 Å². The van der Waals surface area contributed by atoms with E-state index < -0.39 is 0 Å². The zero-order valence-corrected chi connectivity index (χ0v) is 12.5. The quantitative estimate of drug-likeness (QED) is 0.830. The first-order valence-corrected chi connectivity index (χ1v) is 7.84. The number of aryl methyl sites for hydroxylation is 2. The van der Waals surface area contributed by atoms with Crippen molar-refractivity contribution in [2.75, 3.05) is 18.8 Å². The molecule has 4 heteroatoms. The Labute approximate surface area is 119 Å². The Bertz CT molecular complexity index is 442. The molecule has 1 amide bonds. The highest BCUT2D eigenvalue weighted by molar-refractivity contribution is 8.00. The van der Waals surface area contributed by atoms with E-state index in [-0.39, 0.29) is 5.91 Å². The van der Waals surface area contributed by atoms with Crippen molar-refractivity contribution in [2.45, 2.75) is 37.6 Å². The van der Waals surface area contributed by atoms with Gasteiger partial charge in [0.15, 0.2) is 0 Å². The fourth-order valence-electron chi connectivity index (χ4n) is 2.25. The van der Waals surface area contributed by atoms with Crippen LogP contribution < -0.4 is 10.6 Å². The van der Waals surface area contributed by atoms with Crippen LogP contribution in [0.1, 0.15) is 24.0 Å². The van der Waals surface area contributed by atoms with Crippen LogP contribution in [0.3, 0.4) is 0 Å². The number of hydrogen-bond acceptors (Lipinski definition) is 3. The van der Waals surface area contributed by atoms with Crippen molar-refractivity contribution < 1.29 is 4.79 Å². The van der Waals surface area contributed by atoms with E-state index in [0.29, 0.717) is 11.8 Å². The molecule has 2 N–H and O–H groups in total. The Kier molecular flexibility index (Phi) is 5.28. The first-order valence-electron chi connectivity index (χ1n) is 6.85. The predicted octanol–water partition coefficient (Wildman–Crippen LogP) is 2.26. The number of carbonyl (C=O) groups is 1. The van der Waals surface area contributed by atoms with Gasteiger partial charge in [-0.25, -0.2) is 0 Å². The van der Waals surface area contributed by atoms with E-state index >= 15 is 0 Å². The maximum absolute atomic E-state index is 11.9. The van der Waals surface area contributed by atoms with Crippen LogP contribution in [0.15, 0.2) is 23.1 Å². The molecule has 104 valence electrons. The van der Waals surface area contributed by atoms with Crippen molar-refractivity contribution in [3.05, 3.63) is 29.3 Å². The molecular weight excluding hydrogens is 256 g/mol. The van der Waals surface area contributed by atoms with E-state index in [2.05, 4.69) is 42.7 Å². The number of piperidine rings is 1. The second kappa shape index (κ2) is 6.96. The molecule has 1 aliphatic rings. The molecule has 2 rings (SSSR count). The Hall–Kier alpha value is -1.00. The zero-order valence-electron chi connectivity index (χ0n) is 11.7. The van der Waals surface area contributed by atoms with Gasteiger partial charge in [0.2, 0.25) is 5.91 Å². The molecular formula is C15H22N2OS. The molecule has 0 radical (unpaired) electrons. The van der Waals surface area contributed by atoms with Crippen molar-refractivity contribution in [2.24, 2.45) is 0 Å². The summed E-state index contributed by atoms with van der Waals surface area (Å²) in [6, 6.07) is 6.67. The van der Waals surface area contributed by atoms with Gasteiger partial charge in [-0.3, -0.25) is 4.79 Å². The predicted molar refractivity (Wildman–Crippen MR) is 80.7 cm³/mol. The van der Waals surface area contributed by atoms with Crippen LogP contribution in [-0.4, -0.2) is 30.8 Å². The zero-order chi connectivity index (χ0) is 13.7. The van der Waals surface area contributed by atoms with Gasteiger partial charge in [0.05, 0.1) is 5.75 Å². The lowest BCUT2D eigenvalue weighted by molar-refractivity contribution is -0.119. The van der Waals surface area contributed by atoms with E-state index in [4.69, 9.17) is 0 Å². The molecule has 0 saturated carbocycles. The minimum absolute atomic E-state index is 0.139. The number of thioether (sulfide) groups is 1. The molecule has 1 saturated heterocycles. The van der Waals surface area contributed by atoms with Gasteiger partial charge in [-0.05, 0) is 44.9 Å². The average Bonchev–Trinajstić information content (AvgIpc) is 2.41.